The van der Waals surface area contributed by atoms with Gasteiger partial charge in [-0.3, -0.25) is 19.1 Å². The van der Waals surface area contributed by atoms with Crippen molar-refractivity contribution >= 4 is 39.2 Å². The third-order valence-electron chi connectivity index (χ3n) is 10.2. The lowest BCUT2D eigenvalue weighted by molar-refractivity contribution is -0.145. The molecule has 2 aliphatic carbocycles. The molecule has 0 radical (unpaired) electrons. The molecular weight excluding hydrogens is 612 g/mol. The Bertz CT molecular complexity index is 1650. The number of ether oxygens (including phenoxy) is 1. The van der Waals surface area contributed by atoms with Crippen molar-refractivity contribution in [3.8, 4) is 11.5 Å². The lowest BCUT2D eigenvalue weighted by atomic mass is 9.85. The van der Waals surface area contributed by atoms with Crippen LogP contribution < -0.4 is 9.46 Å². The first-order valence-electron chi connectivity index (χ1n) is 16.0. The smallest absolute Gasteiger partial charge is 0.240 e. The Hall–Kier alpha value is -3.17. The van der Waals surface area contributed by atoms with Gasteiger partial charge in [0.2, 0.25) is 21.8 Å². The largest absolute Gasteiger partial charge is 0.457 e. The minimum Gasteiger partial charge on any atom is -0.457 e. The van der Waals surface area contributed by atoms with E-state index in [0.29, 0.717) is 35.8 Å². The van der Waals surface area contributed by atoms with Crippen molar-refractivity contribution in [2.24, 2.45) is 17.3 Å². The summed E-state index contributed by atoms with van der Waals surface area (Å²) >= 11 is 6.14. The number of nitrogens with zero attached hydrogens (tertiary/aromatic N) is 1. The van der Waals surface area contributed by atoms with Crippen LogP contribution in [0.4, 0.5) is 0 Å². The van der Waals surface area contributed by atoms with Crippen LogP contribution in [0.15, 0.2) is 54.6 Å². The quantitative estimate of drug-likeness (QED) is 0.369. The standard InChI is InChI=1S/C35H41ClN2O6S/c1-23-9-6-4-3-5-7-10-26-20-35(26,33(41)37-45(42,43)34(2)15-16-34)21-31(39)30-18-25-17-29(44-28-12-8-11-27(36)19-28)14-13-24(25)22-38(30)32(23)40/h7-8,10-14,17,19,23,26,30H,3-6,9,15-16,18,20-22H2,1-2H3,(H,37,41)/b10-7-/t23-,26+,30-,35+/m0/s1. The lowest BCUT2D eigenvalue weighted by Gasteiger charge is -2.38. The number of sulfonamides is 1. The van der Waals surface area contributed by atoms with Crippen LogP contribution in [0, 0.1) is 17.3 Å². The molecule has 2 aromatic rings. The van der Waals surface area contributed by atoms with Gasteiger partial charge in [0.25, 0.3) is 0 Å². The first kappa shape index (κ1) is 31.8. The molecular formula is C35H41ClN2O6S. The third kappa shape index (κ3) is 6.57. The highest BCUT2D eigenvalue weighted by Crippen LogP contribution is 2.57. The Kier molecular flexibility index (Phi) is 8.63. The van der Waals surface area contributed by atoms with Crippen LogP contribution in [-0.4, -0.2) is 41.7 Å². The van der Waals surface area contributed by atoms with Gasteiger partial charge in [-0.05, 0) is 92.8 Å². The number of hydrogen-bond acceptors (Lipinski definition) is 6. The van der Waals surface area contributed by atoms with Crippen molar-refractivity contribution in [2.45, 2.75) is 95.4 Å². The number of amides is 2. The molecule has 1 N–H and O–H groups in total. The summed E-state index contributed by atoms with van der Waals surface area (Å²) in [6.07, 6.45) is 10.1. The summed E-state index contributed by atoms with van der Waals surface area (Å²) in [5.74, 6) is -0.198. The van der Waals surface area contributed by atoms with E-state index in [4.69, 9.17) is 16.3 Å². The van der Waals surface area contributed by atoms with Crippen LogP contribution in [0.5, 0.6) is 11.5 Å². The Morgan fingerprint density at radius 2 is 1.82 bits per heavy atom. The fourth-order valence-corrected chi connectivity index (χ4v) is 8.23. The normalized spacial score (nSPS) is 28.8. The number of hydrogen-bond donors (Lipinski definition) is 1. The highest BCUT2D eigenvalue weighted by molar-refractivity contribution is 7.91. The molecule has 240 valence electrons. The number of carbonyl (C=O) groups excluding carboxylic acids is 3. The van der Waals surface area contributed by atoms with Gasteiger partial charge in [0.05, 0.1) is 16.2 Å². The molecule has 2 aromatic carbocycles. The molecule has 2 fully saturated rings. The fourth-order valence-electron chi connectivity index (χ4n) is 6.72. The molecule has 2 heterocycles. The van der Waals surface area contributed by atoms with Crippen LogP contribution in [-0.2, 0) is 37.4 Å². The van der Waals surface area contributed by atoms with Crippen LogP contribution in [0.25, 0.3) is 0 Å². The molecule has 0 unspecified atom stereocenters. The summed E-state index contributed by atoms with van der Waals surface area (Å²) in [5.41, 5.74) is 0.696. The summed E-state index contributed by atoms with van der Waals surface area (Å²) < 4.78 is 33.5. The molecule has 0 bridgehead atoms. The second-order valence-electron chi connectivity index (χ2n) is 13.6. The molecule has 2 aliphatic heterocycles. The minimum atomic E-state index is -3.86. The summed E-state index contributed by atoms with van der Waals surface area (Å²) in [4.78, 5) is 43.6. The number of benzene rings is 2. The number of nitrogens with one attached hydrogen (secondary N) is 1. The Morgan fingerprint density at radius 3 is 2.58 bits per heavy atom. The Balaban J connectivity index is 1.30. The number of fused-ring (bicyclic) bond motifs is 3. The van der Waals surface area contributed by atoms with Crippen LogP contribution >= 0.6 is 11.6 Å². The second-order valence-corrected chi connectivity index (χ2v) is 16.3. The maximum absolute atomic E-state index is 14.3. The van der Waals surface area contributed by atoms with Crippen LogP contribution in [0.3, 0.4) is 0 Å². The topological polar surface area (TPSA) is 110 Å². The van der Waals surface area contributed by atoms with E-state index in [9.17, 15) is 22.8 Å². The number of carbonyl (C=O) groups is 3. The van der Waals surface area contributed by atoms with E-state index in [2.05, 4.69) is 10.8 Å². The third-order valence-corrected chi connectivity index (χ3v) is 12.6. The molecule has 10 heteroatoms. The highest BCUT2D eigenvalue weighted by atomic mass is 35.5. The predicted molar refractivity (Wildman–Crippen MR) is 172 cm³/mol. The number of rotatable bonds is 5. The van der Waals surface area contributed by atoms with Gasteiger partial charge in [0.1, 0.15) is 11.5 Å². The highest BCUT2D eigenvalue weighted by Gasteiger charge is 2.62. The molecule has 6 rings (SSSR count). The number of halogens is 1. The van der Waals surface area contributed by atoms with Gasteiger partial charge >= 0.3 is 0 Å². The van der Waals surface area contributed by atoms with E-state index in [-0.39, 0.29) is 42.9 Å². The van der Waals surface area contributed by atoms with Gasteiger partial charge in [0, 0.05) is 30.3 Å². The summed E-state index contributed by atoms with van der Waals surface area (Å²) in [6.45, 7) is 3.84. The van der Waals surface area contributed by atoms with Crippen molar-refractivity contribution in [1.29, 1.82) is 0 Å². The number of allylic oxidation sites excluding steroid dienone is 2. The summed E-state index contributed by atoms with van der Waals surface area (Å²) in [5, 5.41) is 0.556. The maximum Gasteiger partial charge on any atom is 0.240 e. The molecule has 2 amide bonds. The van der Waals surface area contributed by atoms with E-state index in [0.717, 1.165) is 43.2 Å². The SMILES string of the molecule is C[C@H]1CCCCC/C=C\[C@@H]2C[C@@]2(C(=O)NS(=O)(=O)C2(C)CC2)CC(=O)[C@@H]2Cc3cc(Oc4cccc(Cl)c4)ccc3CN2C1=O. The number of ketones is 1. The molecule has 0 aromatic heterocycles. The monoisotopic (exact) mass is 652 g/mol. The minimum absolute atomic E-state index is 0.0682. The van der Waals surface area contributed by atoms with Crippen molar-refractivity contribution in [1.82, 2.24) is 9.62 Å². The van der Waals surface area contributed by atoms with Gasteiger partial charge in [-0.2, -0.15) is 0 Å². The summed E-state index contributed by atoms with van der Waals surface area (Å²) in [7, 11) is -3.86. The average Bonchev–Trinajstić information content (AvgIpc) is 3.92. The zero-order valence-corrected chi connectivity index (χ0v) is 27.5. The average molecular weight is 653 g/mol. The van der Waals surface area contributed by atoms with Crippen molar-refractivity contribution in [2.75, 3.05) is 0 Å². The zero-order chi connectivity index (χ0) is 32.0. The van der Waals surface area contributed by atoms with Gasteiger partial charge in [-0.15, -0.1) is 0 Å². The van der Waals surface area contributed by atoms with Crippen molar-refractivity contribution in [3.63, 3.8) is 0 Å². The molecule has 0 saturated heterocycles. The molecule has 0 spiro atoms. The van der Waals surface area contributed by atoms with Gasteiger partial charge in [-0.25, -0.2) is 8.42 Å². The van der Waals surface area contributed by atoms with E-state index in [1.165, 1.54) is 0 Å². The Labute approximate surface area is 270 Å². The molecule has 2 saturated carbocycles. The van der Waals surface area contributed by atoms with E-state index < -0.39 is 32.1 Å². The lowest BCUT2D eigenvalue weighted by Crippen LogP contribution is -2.51. The van der Waals surface area contributed by atoms with Crippen molar-refractivity contribution in [3.05, 3.63) is 70.8 Å². The number of Topliss-reactive ketones (excluding diaryl/α,β-unsaturated/α-hetero) is 1. The second kappa shape index (κ2) is 12.2. The van der Waals surface area contributed by atoms with Gasteiger partial charge in [-0.1, -0.05) is 55.7 Å². The maximum atomic E-state index is 14.3. The van der Waals surface area contributed by atoms with E-state index in [1.54, 1.807) is 30.0 Å². The zero-order valence-electron chi connectivity index (χ0n) is 25.9. The van der Waals surface area contributed by atoms with Crippen LogP contribution in [0.2, 0.25) is 5.02 Å². The summed E-state index contributed by atoms with van der Waals surface area (Å²) in [6, 6.07) is 12.0. The fraction of sp³-hybridized carbons (Fsp3) is 0.514. The van der Waals surface area contributed by atoms with Crippen molar-refractivity contribution < 1.29 is 27.5 Å². The van der Waals surface area contributed by atoms with Gasteiger partial charge < -0.3 is 9.64 Å². The molecule has 4 aliphatic rings. The van der Waals surface area contributed by atoms with Crippen LogP contribution in [0.1, 0.15) is 82.8 Å². The predicted octanol–water partition coefficient (Wildman–Crippen LogP) is 6.51. The molecule has 4 atom stereocenters. The first-order chi connectivity index (χ1) is 21.4. The van der Waals surface area contributed by atoms with Gasteiger partial charge in [0.15, 0.2) is 5.78 Å². The molecule has 8 nitrogen and oxygen atoms in total. The van der Waals surface area contributed by atoms with E-state index in [1.807, 2.05) is 37.3 Å². The first-order valence-corrected chi connectivity index (χ1v) is 17.9. The Morgan fingerprint density at radius 1 is 1.04 bits per heavy atom. The molecule has 45 heavy (non-hydrogen) atoms. The van der Waals surface area contributed by atoms with E-state index >= 15 is 0 Å².